The SMILES string of the molecule is Cc1ccsc1-c1nc(-c2ccc(CC(=O)O)s2)cs1. The quantitative estimate of drug-likeness (QED) is 0.767. The number of aliphatic carboxylic acids is 1. The average molecular weight is 321 g/mol. The van der Waals surface area contributed by atoms with Gasteiger partial charge in [-0.1, -0.05) is 0 Å². The van der Waals surface area contributed by atoms with Gasteiger partial charge >= 0.3 is 5.97 Å². The van der Waals surface area contributed by atoms with Crippen molar-refractivity contribution < 1.29 is 9.90 Å². The van der Waals surface area contributed by atoms with Crippen molar-refractivity contribution in [3.8, 4) is 20.5 Å². The molecule has 0 aromatic carbocycles. The summed E-state index contributed by atoms with van der Waals surface area (Å²) in [4.78, 5) is 18.5. The molecule has 3 heterocycles. The molecule has 3 nitrogen and oxygen atoms in total. The summed E-state index contributed by atoms with van der Waals surface area (Å²) in [5.41, 5.74) is 2.17. The third kappa shape index (κ3) is 2.67. The van der Waals surface area contributed by atoms with Crippen LogP contribution in [0.4, 0.5) is 0 Å². The first-order chi connectivity index (χ1) is 9.63. The Balaban J connectivity index is 1.88. The molecule has 102 valence electrons. The van der Waals surface area contributed by atoms with E-state index in [9.17, 15) is 4.79 Å². The Kier molecular flexibility index (Phi) is 3.69. The molecule has 0 atom stereocenters. The molecule has 0 saturated carbocycles. The van der Waals surface area contributed by atoms with E-state index in [1.54, 1.807) is 22.7 Å². The number of rotatable bonds is 4. The monoisotopic (exact) mass is 321 g/mol. The van der Waals surface area contributed by atoms with Crippen molar-refractivity contribution in [3.05, 3.63) is 39.4 Å². The number of thiophene rings is 2. The number of hydrogen-bond donors (Lipinski definition) is 1. The first kappa shape index (κ1) is 13.5. The number of carboxylic acid groups (broad SMARTS) is 1. The van der Waals surface area contributed by atoms with Gasteiger partial charge in [0.2, 0.25) is 0 Å². The Hall–Kier alpha value is -1.50. The molecule has 0 unspecified atom stereocenters. The van der Waals surface area contributed by atoms with E-state index in [0.717, 1.165) is 20.5 Å². The highest BCUT2D eigenvalue weighted by atomic mass is 32.1. The van der Waals surface area contributed by atoms with Gasteiger partial charge in [0.1, 0.15) is 5.01 Å². The Morgan fingerprint density at radius 1 is 1.30 bits per heavy atom. The second-order valence-electron chi connectivity index (χ2n) is 4.31. The van der Waals surface area contributed by atoms with Crippen LogP contribution in [0.2, 0.25) is 0 Å². The smallest absolute Gasteiger partial charge is 0.308 e. The first-order valence-electron chi connectivity index (χ1n) is 5.94. The molecule has 3 aromatic rings. The van der Waals surface area contributed by atoms with Gasteiger partial charge in [0.05, 0.1) is 21.9 Å². The zero-order chi connectivity index (χ0) is 14.1. The van der Waals surface area contributed by atoms with E-state index in [4.69, 9.17) is 5.11 Å². The first-order valence-corrected chi connectivity index (χ1v) is 8.52. The molecular weight excluding hydrogens is 310 g/mol. The Bertz CT molecular complexity index is 754. The lowest BCUT2D eigenvalue weighted by Gasteiger charge is -1.92. The molecule has 0 spiro atoms. The van der Waals surface area contributed by atoms with Crippen LogP contribution in [0.3, 0.4) is 0 Å². The summed E-state index contributed by atoms with van der Waals surface area (Å²) in [6, 6.07) is 5.91. The normalized spacial score (nSPS) is 10.8. The van der Waals surface area contributed by atoms with E-state index in [-0.39, 0.29) is 6.42 Å². The van der Waals surface area contributed by atoms with E-state index in [0.29, 0.717) is 0 Å². The van der Waals surface area contributed by atoms with E-state index in [1.807, 2.05) is 17.5 Å². The van der Waals surface area contributed by atoms with E-state index in [1.165, 1.54) is 21.8 Å². The lowest BCUT2D eigenvalue weighted by Crippen LogP contribution is -1.96. The zero-order valence-corrected chi connectivity index (χ0v) is 13.1. The lowest BCUT2D eigenvalue weighted by atomic mass is 10.3. The number of aromatic nitrogens is 1. The van der Waals surface area contributed by atoms with Crippen LogP contribution in [0.15, 0.2) is 29.0 Å². The Labute approximate surface area is 128 Å². The topological polar surface area (TPSA) is 50.2 Å². The van der Waals surface area contributed by atoms with Gasteiger partial charge in [-0.25, -0.2) is 4.98 Å². The van der Waals surface area contributed by atoms with Gasteiger partial charge in [0, 0.05) is 10.3 Å². The molecule has 0 bridgehead atoms. The summed E-state index contributed by atoms with van der Waals surface area (Å²) >= 11 is 4.82. The molecule has 3 rings (SSSR count). The molecule has 0 aliphatic heterocycles. The third-order valence-electron chi connectivity index (χ3n) is 2.80. The molecule has 3 aromatic heterocycles. The molecule has 6 heteroatoms. The predicted octanol–water partition coefficient (Wildman–Crippen LogP) is 4.54. The maximum Gasteiger partial charge on any atom is 0.308 e. The largest absolute Gasteiger partial charge is 0.481 e. The number of aryl methyl sites for hydroxylation is 1. The highest BCUT2D eigenvalue weighted by molar-refractivity contribution is 7.20. The highest BCUT2D eigenvalue weighted by Gasteiger charge is 2.12. The molecule has 0 aliphatic rings. The molecule has 0 amide bonds. The minimum absolute atomic E-state index is 0.0751. The van der Waals surface area contributed by atoms with Crippen LogP contribution < -0.4 is 0 Å². The van der Waals surface area contributed by atoms with Crippen LogP contribution >= 0.6 is 34.0 Å². The summed E-state index contributed by atoms with van der Waals surface area (Å²) in [6.45, 7) is 2.09. The van der Waals surface area contributed by atoms with Crippen molar-refractivity contribution in [2.24, 2.45) is 0 Å². The van der Waals surface area contributed by atoms with Crippen LogP contribution in [-0.4, -0.2) is 16.1 Å². The molecule has 0 fully saturated rings. The van der Waals surface area contributed by atoms with Gasteiger partial charge in [0.15, 0.2) is 0 Å². The van der Waals surface area contributed by atoms with Gasteiger partial charge in [-0.2, -0.15) is 0 Å². The van der Waals surface area contributed by atoms with Crippen LogP contribution in [0, 0.1) is 6.92 Å². The van der Waals surface area contributed by atoms with E-state index < -0.39 is 5.97 Å². The number of carboxylic acids is 1. The fourth-order valence-corrected chi connectivity index (χ4v) is 4.80. The molecule has 1 N–H and O–H groups in total. The molecule has 0 saturated heterocycles. The van der Waals surface area contributed by atoms with Crippen LogP contribution in [-0.2, 0) is 11.2 Å². The summed E-state index contributed by atoms with van der Waals surface area (Å²) in [6.07, 6.45) is 0.0751. The molecular formula is C14H11NO2S3. The van der Waals surface area contributed by atoms with E-state index >= 15 is 0 Å². The molecule has 0 aliphatic carbocycles. The number of hydrogen-bond acceptors (Lipinski definition) is 5. The second kappa shape index (κ2) is 5.47. The summed E-state index contributed by atoms with van der Waals surface area (Å²) in [5.74, 6) is -0.799. The van der Waals surface area contributed by atoms with Crippen molar-refractivity contribution in [3.63, 3.8) is 0 Å². The summed E-state index contributed by atoms with van der Waals surface area (Å²) < 4.78 is 0. The van der Waals surface area contributed by atoms with Gasteiger partial charge in [0.25, 0.3) is 0 Å². The van der Waals surface area contributed by atoms with Crippen LogP contribution in [0.25, 0.3) is 20.5 Å². The van der Waals surface area contributed by atoms with Crippen LogP contribution in [0.1, 0.15) is 10.4 Å². The van der Waals surface area contributed by atoms with Crippen molar-refractivity contribution in [2.75, 3.05) is 0 Å². The second-order valence-corrected chi connectivity index (χ2v) is 7.25. The summed E-state index contributed by atoms with van der Waals surface area (Å²) in [7, 11) is 0. The maximum atomic E-state index is 10.7. The number of nitrogens with zero attached hydrogens (tertiary/aromatic N) is 1. The van der Waals surface area contributed by atoms with Gasteiger partial charge < -0.3 is 5.11 Å². The predicted molar refractivity (Wildman–Crippen MR) is 84.8 cm³/mol. The Morgan fingerprint density at radius 3 is 2.85 bits per heavy atom. The van der Waals surface area contributed by atoms with Gasteiger partial charge in [-0.15, -0.1) is 34.0 Å². The average Bonchev–Trinajstić information content (AvgIpc) is 3.07. The van der Waals surface area contributed by atoms with Crippen molar-refractivity contribution in [1.82, 2.24) is 4.98 Å². The molecule has 20 heavy (non-hydrogen) atoms. The standard InChI is InChI=1S/C14H11NO2S3/c1-8-4-5-18-13(8)14-15-10(7-19-14)11-3-2-9(20-11)6-12(16)17/h2-5,7H,6H2,1H3,(H,16,17). The minimum atomic E-state index is -0.799. The van der Waals surface area contributed by atoms with Gasteiger partial charge in [-0.3, -0.25) is 4.79 Å². The fraction of sp³-hybridized carbons (Fsp3) is 0.143. The fourth-order valence-electron chi connectivity index (χ4n) is 1.84. The number of carbonyl (C=O) groups is 1. The van der Waals surface area contributed by atoms with Gasteiger partial charge in [-0.05, 0) is 36.1 Å². The van der Waals surface area contributed by atoms with Crippen molar-refractivity contribution >= 4 is 40.0 Å². The lowest BCUT2D eigenvalue weighted by molar-refractivity contribution is -0.136. The molecule has 0 radical (unpaired) electrons. The number of thiazole rings is 1. The Morgan fingerprint density at radius 2 is 2.15 bits per heavy atom. The van der Waals surface area contributed by atoms with Crippen molar-refractivity contribution in [2.45, 2.75) is 13.3 Å². The highest BCUT2D eigenvalue weighted by Crippen LogP contribution is 2.36. The zero-order valence-electron chi connectivity index (χ0n) is 10.6. The third-order valence-corrected chi connectivity index (χ3v) is 5.92. The maximum absolute atomic E-state index is 10.7. The van der Waals surface area contributed by atoms with E-state index in [2.05, 4.69) is 23.4 Å². The van der Waals surface area contributed by atoms with Crippen LogP contribution in [0.5, 0.6) is 0 Å². The van der Waals surface area contributed by atoms with Crippen molar-refractivity contribution in [1.29, 1.82) is 0 Å². The minimum Gasteiger partial charge on any atom is -0.481 e. The summed E-state index contributed by atoms with van der Waals surface area (Å²) in [5, 5.41) is 13.9.